The molecule has 0 aliphatic rings. The Hall–Kier alpha value is -3.47. The van der Waals surface area contributed by atoms with Gasteiger partial charge in [0.2, 0.25) is 0 Å². The van der Waals surface area contributed by atoms with E-state index in [0.29, 0.717) is 11.6 Å². The molecule has 2 heterocycles. The molecule has 11 heteroatoms. The van der Waals surface area contributed by atoms with Crippen molar-refractivity contribution in [2.45, 2.75) is 25.0 Å². The summed E-state index contributed by atoms with van der Waals surface area (Å²) in [7, 11) is 0. The van der Waals surface area contributed by atoms with E-state index in [-0.39, 0.29) is 5.52 Å². The molecule has 4 aromatic rings. The molecular weight excluding hydrogens is 404 g/mol. The van der Waals surface area contributed by atoms with E-state index >= 15 is 8.78 Å². The molecule has 0 saturated heterocycles. The summed E-state index contributed by atoms with van der Waals surface area (Å²) in [4.78, 5) is 7.92. The van der Waals surface area contributed by atoms with Gasteiger partial charge in [-0.05, 0) is 47.2 Å². The van der Waals surface area contributed by atoms with Gasteiger partial charge in [0.1, 0.15) is 23.7 Å². The van der Waals surface area contributed by atoms with E-state index in [2.05, 4.69) is 25.5 Å². The zero-order chi connectivity index (χ0) is 21.5. The number of rotatable bonds is 5. The van der Waals surface area contributed by atoms with Gasteiger partial charge in [-0.3, -0.25) is 4.98 Å². The third kappa shape index (κ3) is 3.26. The Kier molecular flexibility index (Phi) is 4.69. The monoisotopic (exact) mass is 418 g/mol. The van der Waals surface area contributed by atoms with Gasteiger partial charge in [-0.25, -0.2) is 18.4 Å². The molecule has 154 valence electrons. The second-order valence-electron chi connectivity index (χ2n) is 6.81. The number of hydrogen-bond acceptors (Lipinski definition) is 6. The lowest BCUT2D eigenvalue weighted by Crippen LogP contribution is -2.48. The molecule has 0 amide bonds. The summed E-state index contributed by atoms with van der Waals surface area (Å²) in [6, 6.07) is 6.78. The number of nitrogens with zero attached hydrogens (tertiary/aromatic N) is 6. The van der Waals surface area contributed by atoms with Crippen LogP contribution in [0.5, 0.6) is 0 Å². The first-order chi connectivity index (χ1) is 14.2. The maximum absolute atomic E-state index is 15.7. The third-order valence-corrected chi connectivity index (χ3v) is 4.70. The Morgan fingerprint density at radius 3 is 2.57 bits per heavy atom. The lowest BCUT2D eigenvalue weighted by molar-refractivity contribution is -0.207. The first-order valence-corrected chi connectivity index (χ1v) is 8.71. The highest BCUT2D eigenvalue weighted by atomic mass is 19.3. The van der Waals surface area contributed by atoms with E-state index in [4.69, 9.17) is 0 Å². The number of aliphatic hydroxyl groups is 1. The Bertz CT molecular complexity index is 1220. The predicted molar refractivity (Wildman–Crippen MR) is 96.2 cm³/mol. The van der Waals surface area contributed by atoms with Crippen molar-refractivity contribution >= 4 is 11.0 Å². The van der Waals surface area contributed by atoms with E-state index in [9.17, 15) is 13.9 Å². The van der Waals surface area contributed by atoms with Crippen LogP contribution in [0.15, 0.2) is 48.9 Å². The molecule has 1 N–H and O–H groups in total. The molecule has 7 nitrogen and oxygen atoms in total. The highest BCUT2D eigenvalue weighted by molar-refractivity contribution is 5.74. The molecule has 0 fully saturated rings. The summed E-state index contributed by atoms with van der Waals surface area (Å²) < 4.78 is 60.0. The number of fused-ring (bicyclic) bond motifs is 1. The number of tetrazole rings is 1. The Morgan fingerprint density at radius 2 is 1.87 bits per heavy atom. The summed E-state index contributed by atoms with van der Waals surface area (Å²) in [5.41, 5.74) is -3.52. The van der Waals surface area contributed by atoms with Crippen LogP contribution in [0.2, 0.25) is 0 Å². The number of aryl methyl sites for hydroxylation is 1. The first-order valence-electron chi connectivity index (χ1n) is 8.71. The maximum atomic E-state index is 15.7. The molecule has 4 rings (SSSR count). The van der Waals surface area contributed by atoms with Gasteiger partial charge in [-0.1, -0.05) is 6.07 Å². The number of alkyl halides is 2. The van der Waals surface area contributed by atoms with E-state index in [1.54, 1.807) is 12.1 Å². The second kappa shape index (κ2) is 7.10. The van der Waals surface area contributed by atoms with Gasteiger partial charge in [-0.2, -0.15) is 8.78 Å². The van der Waals surface area contributed by atoms with Crippen molar-refractivity contribution < 1.29 is 22.7 Å². The molecule has 30 heavy (non-hydrogen) atoms. The van der Waals surface area contributed by atoms with E-state index < -0.39 is 41.0 Å². The van der Waals surface area contributed by atoms with Crippen LogP contribution in [0.1, 0.15) is 16.8 Å². The van der Waals surface area contributed by atoms with Gasteiger partial charge in [0.15, 0.2) is 5.60 Å². The second-order valence-corrected chi connectivity index (χ2v) is 6.81. The fraction of sp³-hybridized carbons (Fsp3) is 0.211. The quantitative estimate of drug-likeness (QED) is 0.502. The van der Waals surface area contributed by atoms with Crippen LogP contribution >= 0.6 is 0 Å². The Balaban J connectivity index is 1.89. The number of halogens is 4. The minimum absolute atomic E-state index is 0.169. The van der Waals surface area contributed by atoms with E-state index in [1.807, 2.05) is 6.92 Å². The molecule has 0 saturated carbocycles. The lowest BCUT2D eigenvalue weighted by Gasteiger charge is -2.35. The van der Waals surface area contributed by atoms with Crippen molar-refractivity contribution in [3.8, 4) is 0 Å². The average molecular weight is 418 g/mol. The van der Waals surface area contributed by atoms with E-state index in [1.165, 1.54) is 6.07 Å². The fourth-order valence-electron chi connectivity index (χ4n) is 3.15. The van der Waals surface area contributed by atoms with Crippen LogP contribution < -0.4 is 0 Å². The molecule has 1 unspecified atom stereocenters. The standard InChI is InChI=1S/C19H14F4N6O/c1-11-2-5-15-16(6-11)24-8-17(26-15)19(22,23)18(30,9-29-10-25-27-28-29)13-4-3-12(20)7-14(13)21/h2-8,10,30H,9H2,1H3. The summed E-state index contributed by atoms with van der Waals surface area (Å²) in [5, 5.41) is 21.3. The first kappa shape index (κ1) is 19.8. The number of benzene rings is 2. The smallest absolute Gasteiger partial charge is 0.325 e. The van der Waals surface area contributed by atoms with Crippen molar-refractivity contribution in [1.29, 1.82) is 0 Å². The molecule has 0 spiro atoms. The third-order valence-electron chi connectivity index (χ3n) is 4.70. The minimum atomic E-state index is -4.15. The topological polar surface area (TPSA) is 89.6 Å². The van der Waals surface area contributed by atoms with Gasteiger partial charge in [-0.15, -0.1) is 5.10 Å². The van der Waals surface area contributed by atoms with Crippen LogP contribution in [0.4, 0.5) is 17.6 Å². The highest BCUT2D eigenvalue weighted by Crippen LogP contribution is 2.46. The van der Waals surface area contributed by atoms with Crippen molar-refractivity contribution in [3.05, 3.63) is 77.4 Å². The van der Waals surface area contributed by atoms with Crippen molar-refractivity contribution in [3.63, 3.8) is 0 Å². The molecule has 2 aromatic heterocycles. The zero-order valence-electron chi connectivity index (χ0n) is 15.5. The van der Waals surface area contributed by atoms with Gasteiger partial charge < -0.3 is 5.11 Å². The minimum Gasteiger partial charge on any atom is -0.377 e. The average Bonchev–Trinajstić information content (AvgIpc) is 3.20. The Labute approximate surface area is 167 Å². The van der Waals surface area contributed by atoms with E-state index in [0.717, 1.165) is 34.9 Å². The molecule has 2 aromatic carbocycles. The fourth-order valence-corrected chi connectivity index (χ4v) is 3.15. The number of hydrogen-bond donors (Lipinski definition) is 1. The molecule has 1 atom stereocenters. The summed E-state index contributed by atoms with van der Waals surface area (Å²) in [5.74, 6) is -6.48. The van der Waals surface area contributed by atoms with Crippen LogP contribution in [-0.4, -0.2) is 35.3 Å². The normalized spacial score (nSPS) is 14.1. The summed E-state index contributed by atoms with van der Waals surface area (Å²) >= 11 is 0. The number of aromatic nitrogens is 6. The summed E-state index contributed by atoms with van der Waals surface area (Å²) in [6.07, 6.45) is 1.80. The Morgan fingerprint density at radius 1 is 1.07 bits per heavy atom. The molecule has 0 bridgehead atoms. The van der Waals surface area contributed by atoms with Gasteiger partial charge >= 0.3 is 5.92 Å². The SMILES string of the molecule is Cc1ccc2nc(C(F)(F)C(O)(Cn3cnnn3)c3ccc(F)cc3F)cnc2c1. The largest absolute Gasteiger partial charge is 0.377 e. The van der Waals surface area contributed by atoms with Gasteiger partial charge in [0, 0.05) is 11.6 Å². The predicted octanol–water partition coefficient (Wildman–Crippen LogP) is 2.88. The molecule has 0 aliphatic heterocycles. The highest BCUT2D eigenvalue weighted by Gasteiger charge is 2.58. The van der Waals surface area contributed by atoms with Crippen LogP contribution in [0, 0.1) is 18.6 Å². The van der Waals surface area contributed by atoms with Crippen molar-refractivity contribution in [1.82, 2.24) is 30.2 Å². The maximum Gasteiger partial charge on any atom is 0.325 e. The van der Waals surface area contributed by atoms with Gasteiger partial charge in [0.25, 0.3) is 0 Å². The van der Waals surface area contributed by atoms with Crippen LogP contribution in [-0.2, 0) is 18.1 Å². The van der Waals surface area contributed by atoms with Crippen molar-refractivity contribution in [2.75, 3.05) is 0 Å². The molecule has 0 aliphatic carbocycles. The van der Waals surface area contributed by atoms with Crippen LogP contribution in [0.25, 0.3) is 11.0 Å². The van der Waals surface area contributed by atoms with Gasteiger partial charge in [0.05, 0.1) is 23.8 Å². The zero-order valence-corrected chi connectivity index (χ0v) is 15.5. The summed E-state index contributed by atoms with van der Waals surface area (Å²) in [6.45, 7) is 0.884. The lowest BCUT2D eigenvalue weighted by atomic mass is 9.85. The molecule has 0 radical (unpaired) electrons. The van der Waals surface area contributed by atoms with Crippen molar-refractivity contribution in [2.24, 2.45) is 0 Å². The molecular formula is C19H14F4N6O. The van der Waals surface area contributed by atoms with Crippen LogP contribution in [0.3, 0.4) is 0 Å².